The standard InChI is InChI=1S/C9H13ClF3N3O/c1-15(2)3-4-16-7(6(10)5-14-16)8(17)9(11,12)13/h5,8,17H,3-4H2,1-2H3. The first-order valence-corrected chi connectivity index (χ1v) is 5.22. The number of alkyl halides is 3. The molecule has 1 atom stereocenters. The van der Waals surface area contributed by atoms with Crippen LogP contribution in [0, 0.1) is 0 Å². The van der Waals surface area contributed by atoms with Gasteiger partial charge in [-0.2, -0.15) is 18.3 Å². The molecule has 0 aliphatic carbocycles. The van der Waals surface area contributed by atoms with Crippen LogP contribution in [0.5, 0.6) is 0 Å². The lowest BCUT2D eigenvalue weighted by molar-refractivity contribution is -0.208. The fraction of sp³-hybridized carbons (Fsp3) is 0.667. The van der Waals surface area contributed by atoms with E-state index in [-0.39, 0.29) is 11.6 Å². The van der Waals surface area contributed by atoms with E-state index in [1.807, 2.05) is 0 Å². The Kier molecular flexibility index (Phi) is 4.40. The molecule has 1 heterocycles. The Morgan fingerprint density at radius 2 is 2.12 bits per heavy atom. The summed E-state index contributed by atoms with van der Waals surface area (Å²) in [5.74, 6) is 0. The summed E-state index contributed by atoms with van der Waals surface area (Å²) < 4.78 is 38.3. The lowest BCUT2D eigenvalue weighted by atomic mass is 10.2. The van der Waals surface area contributed by atoms with Crippen LogP contribution in [0.15, 0.2) is 6.20 Å². The highest BCUT2D eigenvalue weighted by Gasteiger charge is 2.42. The number of aliphatic hydroxyl groups is 1. The molecule has 98 valence electrons. The first kappa shape index (κ1) is 14.3. The normalized spacial score (nSPS) is 14.4. The molecule has 8 heteroatoms. The highest BCUT2D eigenvalue weighted by molar-refractivity contribution is 6.31. The summed E-state index contributed by atoms with van der Waals surface area (Å²) in [7, 11) is 3.57. The van der Waals surface area contributed by atoms with E-state index >= 15 is 0 Å². The Morgan fingerprint density at radius 1 is 1.53 bits per heavy atom. The quantitative estimate of drug-likeness (QED) is 0.906. The number of nitrogens with zero attached hydrogens (tertiary/aromatic N) is 3. The van der Waals surface area contributed by atoms with Crippen LogP contribution in [0.1, 0.15) is 11.8 Å². The number of aliphatic hydroxyl groups excluding tert-OH is 1. The molecule has 4 nitrogen and oxygen atoms in total. The van der Waals surface area contributed by atoms with Gasteiger partial charge >= 0.3 is 6.18 Å². The average Bonchev–Trinajstić information content (AvgIpc) is 2.54. The van der Waals surface area contributed by atoms with Gasteiger partial charge in [0.2, 0.25) is 0 Å². The van der Waals surface area contributed by atoms with Crippen molar-refractivity contribution < 1.29 is 18.3 Å². The average molecular weight is 272 g/mol. The minimum absolute atomic E-state index is 0.186. The summed E-state index contributed by atoms with van der Waals surface area (Å²) in [6.07, 6.45) is -6.26. The van der Waals surface area contributed by atoms with E-state index in [4.69, 9.17) is 11.6 Å². The molecular weight excluding hydrogens is 259 g/mol. The second kappa shape index (κ2) is 5.24. The second-order valence-corrected chi connectivity index (χ2v) is 4.26. The van der Waals surface area contributed by atoms with Gasteiger partial charge in [0, 0.05) is 6.54 Å². The minimum atomic E-state index is -4.75. The first-order valence-electron chi connectivity index (χ1n) is 4.84. The van der Waals surface area contributed by atoms with Crippen molar-refractivity contribution in [3.05, 3.63) is 16.9 Å². The van der Waals surface area contributed by atoms with Crippen LogP contribution in [0.25, 0.3) is 0 Å². The molecule has 1 N–H and O–H groups in total. The topological polar surface area (TPSA) is 41.3 Å². The fourth-order valence-corrected chi connectivity index (χ4v) is 1.52. The van der Waals surface area contributed by atoms with E-state index < -0.39 is 18.0 Å². The monoisotopic (exact) mass is 271 g/mol. The fourth-order valence-electron chi connectivity index (χ4n) is 1.27. The summed E-state index contributed by atoms with van der Waals surface area (Å²) >= 11 is 5.60. The van der Waals surface area contributed by atoms with Gasteiger partial charge in [0.15, 0.2) is 6.10 Å². The molecule has 0 radical (unpaired) electrons. The van der Waals surface area contributed by atoms with Crippen molar-refractivity contribution in [1.82, 2.24) is 14.7 Å². The summed E-state index contributed by atoms with van der Waals surface area (Å²) in [4.78, 5) is 1.79. The molecule has 0 aliphatic rings. The lowest BCUT2D eigenvalue weighted by Crippen LogP contribution is -2.26. The van der Waals surface area contributed by atoms with E-state index in [1.165, 1.54) is 0 Å². The molecule has 0 saturated carbocycles. The van der Waals surface area contributed by atoms with Gasteiger partial charge in [-0.3, -0.25) is 4.68 Å². The Labute approximate surface area is 102 Å². The molecule has 0 spiro atoms. The SMILES string of the molecule is CN(C)CCn1ncc(Cl)c1C(O)C(F)(F)F. The number of halogens is 4. The van der Waals surface area contributed by atoms with Crippen molar-refractivity contribution in [2.24, 2.45) is 0 Å². The third-order valence-electron chi connectivity index (χ3n) is 2.16. The number of rotatable bonds is 4. The van der Waals surface area contributed by atoms with Crippen molar-refractivity contribution in [3.8, 4) is 0 Å². The van der Waals surface area contributed by atoms with Crippen molar-refractivity contribution in [1.29, 1.82) is 0 Å². The molecule has 0 aromatic carbocycles. The van der Waals surface area contributed by atoms with Crippen LogP contribution >= 0.6 is 11.6 Å². The molecule has 0 amide bonds. The lowest BCUT2D eigenvalue weighted by Gasteiger charge is -2.18. The first-order chi connectivity index (χ1) is 7.73. The maximum atomic E-state index is 12.4. The Hall–Kier alpha value is -0.790. The summed E-state index contributed by atoms with van der Waals surface area (Å²) in [6, 6.07) is 0. The highest BCUT2D eigenvalue weighted by atomic mass is 35.5. The summed E-state index contributed by atoms with van der Waals surface area (Å²) in [6.45, 7) is 0.720. The van der Waals surface area contributed by atoms with E-state index in [0.29, 0.717) is 6.54 Å². The van der Waals surface area contributed by atoms with Gasteiger partial charge in [0.25, 0.3) is 0 Å². The van der Waals surface area contributed by atoms with Crippen LogP contribution in [-0.4, -0.2) is 46.6 Å². The highest BCUT2D eigenvalue weighted by Crippen LogP contribution is 2.35. The van der Waals surface area contributed by atoms with Crippen LogP contribution in [-0.2, 0) is 6.54 Å². The van der Waals surface area contributed by atoms with Crippen molar-refractivity contribution in [2.45, 2.75) is 18.8 Å². The number of hydrogen-bond acceptors (Lipinski definition) is 3. The smallest absolute Gasteiger partial charge is 0.378 e. The molecule has 0 bridgehead atoms. The molecule has 0 fully saturated rings. The second-order valence-electron chi connectivity index (χ2n) is 3.85. The predicted octanol–water partition coefficient (Wildman–Crippen LogP) is 1.69. The Bertz CT molecular complexity index is 378. The minimum Gasteiger partial charge on any atom is -0.378 e. The van der Waals surface area contributed by atoms with E-state index in [0.717, 1.165) is 10.9 Å². The predicted molar refractivity (Wildman–Crippen MR) is 56.8 cm³/mol. The largest absolute Gasteiger partial charge is 0.420 e. The maximum Gasteiger partial charge on any atom is 0.420 e. The van der Waals surface area contributed by atoms with Gasteiger partial charge < -0.3 is 10.0 Å². The zero-order valence-electron chi connectivity index (χ0n) is 9.37. The van der Waals surface area contributed by atoms with Gasteiger partial charge in [-0.05, 0) is 14.1 Å². The molecule has 17 heavy (non-hydrogen) atoms. The van der Waals surface area contributed by atoms with Crippen LogP contribution in [0.4, 0.5) is 13.2 Å². The summed E-state index contributed by atoms with van der Waals surface area (Å²) in [5, 5.41) is 12.7. The van der Waals surface area contributed by atoms with E-state index in [9.17, 15) is 18.3 Å². The zero-order valence-corrected chi connectivity index (χ0v) is 10.1. The van der Waals surface area contributed by atoms with Gasteiger partial charge in [0.1, 0.15) is 0 Å². The third-order valence-corrected chi connectivity index (χ3v) is 2.45. The van der Waals surface area contributed by atoms with Crippen LogP contribution in [0.3, 0.4) is 0 Å². The van der Waals surface area contributed by atoms with Crippen molar-refractivity contribution in [2.75, 3.05) is 20.6 Å². The van der Waals surface area contributed by atoms with Gasteiger partial charge in [0.05, 0.1) is 23.5 Å². The number of hydrogen-bond donors (Lipinski definition) is 1. The Balaban J connectivity index is 2.94. The zero-order chi connectivity index (χ0) is 13.2. The molecule has 1 unspecified atom stereocenters. The molecular formula is C9H13ClF3N3O. The van der Waals surface area contributed by atoms with E-state index in [1.54, 1.807) is 19.0 Å². The van der Waals surface area contributed by atoms with Gasteiger partial charge in [-0.25, -0.2) is 0 Å². The third kappa shape index (κ3) is 3.58. The molecule has 1 rings (SSSR count). The van der Waals surface area contributed by atoms with Crippen LogP contribution in [0.2, 0.25) is 5.02 Å². The molecule has 0 saturated heterocycles. The van der Waals surface area contributed by atoms with E-state index in [2.05, 4.69) is 5.10 Å². The number of aromatic nitrogens is 2. The molecule has 1 aromatic heterocycles. The van der Waals surface area contributed by atoms with Gasteiger partial charge in [-0.1, -0.05) is 11.6 Å². The summed E-state index contributed by atoms with van der Waals surface area (Å²) in [5.41, 5.74) is -0.416. The van der Waals surface area contributed by atoms with Gasteiger partial charge in [-0.15, -0.1) is 0 Å². The number of likely N-dealkylation sites (N-methyl/N-ethyl adjacent to an activating group) is 1. The van der Waals surface area contributed by atoms with Crippen molar-refractivity contribution in [3.63, 3.8) is 0 Å². The van der Waals surface area contributed by atoms with Crippen molar-refractivity contribution >= 4 is 11.6 Å². The Morgan fingerprint density at radius 3 is 2.59 bits per heavy atom. The van der Waals surface area contributed by atoms with Crippen LogP contribution < -0.4 is 0 Å². The maximum absolute atomic E-state index is 12.4. The molecule has 1 aromatic rings. The molecule has 0 aliphatic heterocycles.